The summed E-state index contributed by atoms with van der Waals surface area (Å²) in [6.45, 7) is 5.44. The number of sulfone groups is 1. The number of nitrogens with zero attached hydrogens (tertiary/aromatic N) is 1. The fraction of sp³-hybridized carbons (Fsp3) is 0.522. The van der Waals surface area contributed by atoms with Gasteiger partial charge in [-0.15, -0.1) is 0 Å². The Bertz CT molecular complexity index is 1090. The standard InChI is InChI=1S/C23H34N2O6S2/c1-5-7-14-25(15-8-6-2)20-16-18(23(26)24-33(4,29)30)17-21(32(3,27)28)22(20)31-19-12-10-9-11-13-19/h9-13,16,21H,5-8,14-15,17H2,1-4H3,(H,24,26). The molecule has 1 N–H and O–H groups in total. The zero-order chi connectivity index (χ0) is 24.6. The molecule has 0 bridgehead atoms. The van der Waals surface area contributed by atoms with Gasteiger partial charge in [-0.1, -0.05) is 44.9 Å². The maximum Gasteiger partial charge on any atom is 0.260 e. The molecule has 10 heteroatoms. The SMILES string of the molecule is CCCCN(CCCC)C1=C(Oc2ccccc2)C(S(C)(=O)=O)CC(C(=O)NS(C)(=O)=O)=C1. The summed E-state index contributed by atoms with van der Waals surface area (Å²) in [6.07, 6.45) is 6.99. The summed E-state index contributed by atoms with van der Waals surface area (Å²) in [5.74, 6) is -0.0813. The monoisotopic (exact) mass is 498 g/mol. The van der Waals surface area contributed by atoms with Gasteiger partial charge in [-0.25, -0.2) is 21.6 Å². The van der Waals surface area contributed by atoms with E-state index in [4.69, 9.17) is 4.74 Å². The third-order valence-electron chi connectivity index (χ3n) is 5.22. The van der Waals surface area contributed by atoms with Crippen LogP contribution in [0.15, 0.2) is 53.4 Å². The lowest BCUT2D eigenvalue weighted by molar-refractivity contribution is -0.116. The van der Waals surface area contributed by atoms with Gasteiger partial charge in [0, 0.05) is 31.3 Å². The number of nitrogens with one attached hydrogen (secondary N) is 1. The number of ether oxygens (including phenoxy) is 1. The third kappa shape index (κ3) is 8.19. The zero-order valence-corrected chi connectivity index (χ0v) is 21.3. The number of unbranched alkanes of at least 4 members (excludes halogenated alkanes) is 2. The second-order valence-corrected chi connectivity index (χ2v) is 12.2. The summed E-state index contributed by atoms with van der Waals surface area (Å²) in [4.78, 5) is 14.8. The molecular formula is C23H34N2O6S2. The van der Waals surface area contributed by atoms with E-state index in [1.54, 1.807) is 30.3 Å². The van der Waals surface area contributed by atoms with Crippen LogP contribution in [0.1, 0.15) is 46.0 Å². The van der Waals surface area contributed by atoms with Crippen LogP contribution in [0.25, 0.3) is 0 Å². The van der Waals surface area contributed by atoms with E-state index in [9.17, 15) is 21.6 Å². The average Bonchev–Trinajstić information content (AvgIpc) is 2.73. The van der Waals surface area contributed by atoms with E-state index in [0.717, 1.165) is 38.2 Å². The number of carbonyl (C=O) groups excluding carboxylic acids is 1. The minimum absolute atomic E-state index is 0.0873. The molecule has 8 nitrogen and oxygen atoms in total. The lowest BCUT2D eigenvalue weighted by atomic mass is 9.99. The topological polar surface area (TPSA) is 110 Å². The van der Waals surface area contributed by atoms with Crippen molar-refractivity contribution >= 4 is 25.8 Å². The first-order valence-corrected chi connectivity index (χ1v) is 14.9. The first-order chi connectivity index (χ1) is 15.5. The molecule has 0 heterocycles. The van der Waals surface area contributed by atoms with E-state index < -0.39 is 31.0 Å². The van der Waals surface area contributed by atoms with E-state index in [1.807, 2.05) is 15.7 Å². The van der Waals surface area contributed by atoms with Crippen molar-refractivity contribution < 1.29 is 26.4 Å². The van der Waals surface area contributed by atoms with Crippen LogP contribution >= 0.6 is 0 Å². The number of hydrogen-bond acceptors (Lipinski definition) is 7. The highest BCUT2D eigenvalue weighted by Crippen LogP contribution is 2.33. The summed E-state index contributed by atoms with van der Waals surface area (Å²) in [5, 5.41) is -1.12. The van der Waals surface area contributed by atoms with Gasteiger partial charge in [0.2, 0.25) is 10.0 Å². The molecule has 33 heavy (non-hydrogen) atoms. The normalized spacial score (nSPS) is 16.8. The second-order valence-electron chi connectivity index (χ2n) is 8.25. The van der Waals surface area contributed by atoms with Crippen molar-refractivity contribution in [2.24, 2.45) is 0 Å². The lowest BCUT2D eigenvalue weighted by Gasteiger charge is -2.33. The van der Waals surface area contributed by atoms with Crippen molar-refractivity contribution in [2.75, 3.05) is 25.6 Å². The molecule has 0 saturated heterocycles. The van der Waals surface area contributed by atoms with Crippen LogP contribution in [0.2, 0.25) is 0 Å². The van der Waals surface area contributed by atoms with Crippen molar-refractivity contribution in [3.63, 3.8) is 0 Å². The summed E-state index contributed by atoms with van der Waals surface area (Å²) >= 11 is 0. The number of benzene rings is 1. The average molecular weight is 499 g/mol. The van der Waals surface area contributed by atoms with E-state index in [2.05, 4.69) is 13.8 Å². The maximum atomic E-state index is 12.8. The molecule has 184 valence electrons. The van der Waals surface area contributed by atoms with Gasteiger partial charge in [-0.2, -0.15) is 0 Å². The molecule has 2 rings (SSSR count). The van der Waals surface area contributed by atoms with Gasteiger partial charge < -0.3 is 9.64 Å². The largest absolute Gasteiger partial charge is 0.458 e. The molecule has 0 fully saturated rings. The molecule has 0 aromatic heterocycles. The summed E-state index contributed by atoms with van der Waals surface area (Å²) in [7, 11) is -7.50. The quantitative estimate of drug-likeness (QED) is 0.472. The van der Waals surface area contributed by atoms with E-state index in [0.29, 0.717) is 24.5 Å². The molecule has 0 aliphatic heterocycles. The Morgan fingerprint density at radius 1 is 1.03 bits per heavy atom. The Kier molecular flexibility index (Phi) is 9.54. The Labute approximate surface area is 197 Å². The van der Waals surface area contributed by atoms with Crippen LogP contribution in [0, 0.1) is 0 Å². The van der Waals surface area contributed by atoms with Crippen LogP contribution in [-0.4, -0.2) is 58.5 Å². The fourth-order valence-corrected chi connectivity index (χ4v) is 5.03. The van der Waals surface area contributed by atoms with Crippen LogP contribution in [0.5, 0.6) is 5.75 Å². The van der Waals surface area contributed by atoms with Crippen LogP contribution in [-0.2, 0) is 24.7 Å². The van der Waals surface area contributed by atoms with Gasteiger partial charge >= 0.3 is 0 Å². The molecule has 0 spiro atoms. The molecule has 1 aliphatic rings. The van der Waals surface area contributed by atoms with Crippen molar-refractivity contribution in [3.8, 4) is 5.75 Å². The molecule has 1 atom stereocenters. The lowest BCUT2D eigenvalue weighted by Crippen LogP contribution is -2.39. The summed E-state index contributed by atoms with van der Waals surface area (Å²) < 4.78 is 57.0. The van der Waals surface area contributed by atoms with Crippen molar-refractivity contribution in [1.29, 1.82) is 0 Å². The number of hydrogen-bond donors (Lipinski definition) is 1. The highest BCUT2D eigenvalue weighted by molar-refractivity contribution is 7.91. The highest BCUT2D eigenvalue weighted by Gasteiger charge is 2.37. The molecule has 1 aromatic carbocycles. The maximum absolute atomic E-state index is 12.8. The summed E-state index contributed by atoms with van der Waals surface area (Å²) in [5.41, 5.74) is 0.588. The van der Waals surface area contributed by atoms with Crippen molar-refractivity contribution in [3.05, 3.63) is 53.4 Å². The molecule has 0 radical (unpaired) electrons. The van der Waals surface area contributed by atoms with E-state index in [-0.39, 0.29) is 17.8 Å². The Morgan fingerprint density at radius 3 is 2.09 bits per heavy atom. The number of para-hydroxylation sites is 1. The molecule has 0 saturated carbocycles. The number of rotatable bonds is 12. The number of carbonyl (C=O) groups is 1. The fourth-order valence-electron chi connectivity index (χ4n) is 3.52. The van der Waals surface area contributed by atoms with Gasteiger partial charge in [0.05, 0.1) is 12.0 Å². The molecular weight excluding hydrogens is 464 g/mol. The second kappa shape index (κ2) is 11.7. The Hall–Kier alpha value is -2.33. The van der Waals surface area contributed by atoms with Crippen molar-refractivity contribution in [1.82, 2.24) is 9.62 Å². The van der Waals surface area contributed by atoms with E-state index in [1.165, 1.54) is 0 Å². The number of sulfonamides is 1. The van der Waals surface area contributed by atoms with Crippen LogP contribution in [0.4, 0.5) is 0 Å². The highest BCUT2D eigenvalue weighted by atomic mass is 32.2. The molecule has 1 unspecified atom stereocenters. The predicted molar refractivity (Wildman–Crippen MR) is 130 cm³/mol. The first kappa shape index (κ1) is 26.9. The Balaban J connectivity index is 2.68. The molecule has 1 amide bonds. The smallest absolute Gasteiger partial charge is 0.260 e. The van der Waals surface area contributed by atoms with Crippen LogP contribution in [0.3, 0.4) is 0 Å². The zero-order valence-electron chi connectivity index (χ0n) is 19.7. The van der Waals surface area contributed by atoms with Crippen molar-refractivity contribution in [2.45, 2.75) is 51.2 Å². The van der Waals surface area contributed by atoms with Gasteiger partial charge in [0.15, 0.2) is 9.84 Å². The summed E-state index contributed by atoms with van der Waals surface area (Å²) in [6, 6.07) is 8.89. The predicted octanol–water partition coefficient (Wildman–Crippen LogP) is 3.00. The number of allylic oxidation sites excluding steroid dienone is 1. The minimum atomic E-state index is -3.80. The van der Waals surface area contributed by atoms with Gasteiger partial charge in [0.25, 0.3) is 5.91 Å². The van der Waals surface area contributed by atoms with Gasteiger partial charge in [-0.05, 0) is 31.1 Å². The van der Waals surface area contributed by atoms with Gasteiger partial charge in [0.1, 0.15) is 16.8 Å². The number of amides is 1. The first-order valence-electron chi connectivity index (χ1n) is 11.1. The third-order valence-corrected chi connectivity index (χ3v) is 7.19. The van der Waals surface area contributed by atoms with Gasteiger partial charge in [-0.3, -0.25) is 4.79 Å². The molecule has 1 aliphatic carbocycles. The Morgan fingerprint density at radius 2 is 1.61 bits per heavy atom. The molecule has 1 aromatic rings. The minimum Gasteiger partial charge on any atom is -0.458 e. The van der Waals surface area contributed by atoms with Crippen LogP contribution < -0.4 is 9.46 Å². The van der Waals surface area contributed by atoms with E-state index >= 15 is 0 Å².